The number of hydrogen-bond donors (Lipinski definition) is 1. The summed E-state index contributed by atoms with van der Waals surface area (Å²) in [7, 11) is 0. The third-order valence-corrected chi connectivity index (χ3v) is 4.18. The highest BCUT2D eigenvalue weighted by molar-refractivity contribution is 8.01. The Labute approximate surface area is 105 Å². The normalized spacial score (nSPS) is 13.6. The zero-order valence-electron chi connectivity index (χ0n) is 8.47. The number of nitrogens with one attached hydrogen (secondary N) is 1. The van der Waals surface area contributed by atoms with Gasteiger partial charge in [-0.3, -0.25) is 9.59 Å². The molecule has 0 radical (unpaired) electrons. The lowest BCUT2D eigenvalue weighted by Gasteiger charge is -2.00. The van der Waals surface area contributed by atoms with Crippen LogP contribution in [0.4, 0.5) is 5.69 Å². The summed E-state index contributed by atoms with van der Waals surface area (Å²) >= 11 is 3.06. The zero-order valence-corrected chi connectivity index (χ0v) is 10.1. The summed E-state index contributed by atoms with van der Waals surface area (Å²) in [6.45, 7) is 0. The topological polar surface area (TPSA) is 59.1 Å². The second-order valence-electron chi connectivity index (χ2n) is 3.39. The minimum Gasteiger partial charge on any atom is -0.318 e. The molecule has 0 bridgehead atoms. The Bertz CT molecular complexity index is 608. The van der Waals surface area contributed by atoms with Crippen LogP contribution in [0.3, 0.4) is 0 Å². The van der Waals surface area contributed by atoms with E-state index in [9.17, 15) is 9.59 Å². The van der Waals surface area contributed by atoms with Crippen LogP contribution >= 0.6 is 23.1 Å². The molecule has 3 rings (SSSR count). The first-order valence-corrected chi connectivity index (χ1v) is 6.51. The monoisotopic (exact) mass is 262 g/mol. The van der Waals surface area contributed by atoms with Gasteiger partial charge in [0, 0.05) is 16.5 Å². The molecule has 1 aromatic carbocycles. The molecule has 1 aromatic heterocycles. The summed E-state index contributed by atoms with van der Waals surface area (Å²) in [4.78, 5) is 27.7. The van der Waals surface area contributed by atoms with Gasteiger partial charge in [0.25, 0.3) is 11.7 Å². The maximum atomic E-state index is 11.4. The molecule has 1 aliphatic rings. The molecule has 0 fully saturated rings. The quantitative estimate of drug-likeness (QED) is 0.844. The van der Waals surface area contributed by atoms with Gasteiger partial charge in [-0.1, -0.05) is 11.8 Å². The standard InChI is InChI=1S/C11H6N2O2S2/c14-9-7-2-1-6(5-8(7)13-10(9)15)17-11-12-3-4-16-11/h1-5H,(H,13,14,15). The minimum absolute atomic E-state index is 0.443. The lowest BCUT2D eigenvalue weighted by molar-refractivity contribution is -0.112. The second kappa shape index (κ2) is 3.97. The number of Topliss-reactive ketones (excluding diaryl/α,β-unsaturated/α-hetero) is 1. The average molecular weight is 262 g/mol. The van der Waals surface area contributed by atoms with Crippen molar-refractivity contribution in [3.63, 3.8) is 0 Å². The smallest absolute Gasteiger partial charge is 0.296 e. The van der Waals surface area contributed by atoms with Gasteiger partial charge in [0.1, 0.15) is 0 Å². The average Bonchev–Trinajstić information content (AvgIpc) is 2.89. The van der Waals surface area contributed by atoms with Gasteiger partial charge in [-0.05, 0) is 18.2 Å². The molecule has 1 N–H and O–H groups in total. The van der Waals surface area contributed by atoms with E-state index in [1.165, 1.54) is 11.8 Å². The van der Waals surface area contributed by atoms with Crippen molar-refractivity contribution in [2.75, 3.05) is 5.32 Å². The first kappa shape index (κ1) is 10.5. The third kappa shape index (κ3) is 1.85. The van der Waals surface area contributed by atoms with E-state index in [4.69, 9.17) is 0 Å². The van der Waals surface area contributed by atoms with Crippen molar-refractivity contribution in [1.82, 2.24) is 4.98 Å². The van der Waals surface area contributed by atoms with Gasteiger partial charge in [0.05, 0.1) is 11.3 Å². The third-order valence-electron chi connectivity index (χ3n) is 2.30. The highest BCUT2D eigenvalue weighted by Gasteiger charge is 2.27. The van der Waals surface area contributed by atoms with Crippen LogP contribution < -0.4 is 5.32 Å². The number of anilines is 1. The molecule has 0 aliphatic carbocycles. The van der Waals surface area contributed by atoms with Gasteiger partial charge in [-0.2, -0.15) is 0 Å². The number of benzene rings is 1. The van der Waals surface area contributed by atoms with Crippen LogP contribution in [0.2, 0.25) is 0 Å². The molecule has 0 spiro atoms. The van der Waals surface area contributed by atoms with Crippen LogP contribution in [0.5, 0.6) is 0 Å². The number of thiazole rings is 1. The number of nitrogens with zero attached hydrogens (tertiary/aromatic N) is 1. The Morgan fingerprint density at radius 3 is 2.94 bits per heavy atom. The van der Waals surface area contributed by atoms with Crippen molar-refractivity contribution < 1.29 is 9.59 Å². The molecule has 1 aliphatic heterocycles. The SMILES string of the molecule is O=C1Nc2cc(Sc3nccs3)ccc2C1=O. The van der Waals surface area contributed by atoms with E-state index in [2.05, 4.69) is 10.3 Å². The molecular weight excluding hydrogens is 256 g/mol. The summed E-state index contributed by atoms with van der Waals surface area (Å²) in [6.07, 6.45) is 1.74. The summed E-state index contributed by atoms with van der Waals surface area (Å²) in [5, 5.41) is 4.45. The molecule has 17 heavy (non-hydrogen) atoms. The van der Waals surface area contributed by atoms with Gasteiger partial charge >= 0.3 is 0 Å². The Kier molecular flexibility index (Phi) is 2.45. The molecule has 0 unspecified atom stereocenters. The van der Waals surface area contributed by atoms with Crippen molar-refractivity contribution in [2.45, 2.75) is 9.24 Å². The molecular formula is C11H6N2O2S2. The first-order valence-electron chi connectivity index (χ1n) is 4.81. The number of carbonyl (C=O) groups excluding carboxylic acids is 2. The minimum atomic E-state index is -0.559. The van der Waals surface area contributed by atoms with Crippen LogP contribution in [-0.2, 0) is 4.79 Å². The maximum absolute atomic E-state index is 11.4. The van der Waals surface area contributed by atoms with Gasteiger partial charge in [0.15, 0.2) is 4.34 Å². The predicted octanol–water partition coefficient (Wildman–Crippen LogP) is 2.43. The van der Waals surface area contributed by atoms with Crippen LogP contribution in [-0.4, -0.2) is 16.7 Å². The Morgan fingerprint density at radius 1 is 1.29 bits per heavy atom. The molecule has 0 atom stereocenters. The molecule has 2 aromatic rings. The maximum Gasteiger partial charge on any atom is 0.296 e. The van der Waals surface area contributed by atoms with E-state index in [0.717, 1.165) is 9.24 Å². The van der Waals surface area contributed by atoms with Crippen molar-refractivity contribution >= 4 is 40.5 Å². The second-order valence-corrected chi connectivity index (χ2v) is 5.61. The van der Waals surface area contributed by atoms with Crippen LogP contribution in [0, 0.1) is 0 Å². The zero-order chi connectivity index (χ0) is 11.8. The van der Waals surface area contributed by atoms with Crippen LogP contribution in [0.1, 0.15) is 10.4 Å². The number of carbonyl (C=O) groups is 2. The number of fused-ring (bicyclic) bond motifs is 1. The van der Waals surface area contributed by atoms with Gasteiger partial charge in [-0.25, -0.2) is 4.98 Å². The highest BCUT2D eigenvalue weighted by atomic mass is 32.2. The summed E-state index contributed by atoms with van der Waals surface area (Å²) < 4.78 is 0.931. The van der Waals surface area contributed by atoms with Crippen molar-refractivity contribution in [3.8, 4) is 0 Å². The van der Waals surface area contributed by atoms with E-state index in [-0.39, 0.29) is 0 Å². The molecule has 6 heteroatoms. The predicted molar refractivity (Wildman–Crippen MR) is 65.6 cm³/mol. The van der Waals surface area contributed by atoms with Gasteiger partial charge in [-0.15, -0.1) is 11.3 Å². The van der Waals surface area contributed by atoms with E-state index >= 15 is 0 Å². The van der Waals surface area contributed by atoms with Crippen molar-refractivity contribution in [1.29, 1.82) is 0 Å². The number of aromatic nitrogens is 1. The van der Waals surface area contributed by atoms with E-state index in [1.54, 1.807) is 29.7 Å². The van der Waals surface area contributed by atoms with Crippen LogP contribution in [0.25, 0.3) is 0 Å². The van der Waals surface area contributed by atoms with Gasteiger partial charge < -0.3 is 5.32 Å². The lowest BCUT2D eigenvalue weighted by Crippen LogP contribution is -2.12. The van der Waals surface area contributed by atoms with E-state index in [0.29, 0.717) is 11.3 Å². The number of ketones is 1. The molecule has 84 valence electrons. The lowest BCUT2D eigenvalue weighted by atomic mass is 10.1. The fourth-order valence-corrected chi connectivity index (χ4v) is 3.19. The Balaban J connectivity index is 1.93. The highest BCUT2D eigenvalue weighted by Crippen LogP contribution is 2.33. The number of rotatable bonds is 2. The summed E-state index contributed by atoms with van der Waals surface area (Å²) in [6, 6.07) is 5.29. The first-order chi connectivity index (χ1) is 8.24. The molecule has 4 nitrogen and oxygen atoms in total. The Morgan fingerprint density at radius 2 is 2.18 bits per heavy atom. The number of amides is 1. The van der Waals surface area contributed by atoms with E-state index < -0.39 is 11.7 Å². The number of hydrogen-bond acceptors (Lipinski definition) is 5. The van der Waals surface area contributed by atoms with Crippen LogP contribution in [0.15, 0.2) is 39.0 Å². The Hall–Kier alpha value is -1.66. The fourth-order valence-electron chi connectivity index (χ4n) is 1.55. The summed E-state index contributed by atoms with van der Waals surface area (Å²) in [5.41, 5.74) is 1.03. The van der Waals surface area contributed by atoms with Crippen molar-refractivity contribution in [2.24, 2.45) is 0 Å². The van der Waals surface area contributed by atoms with Gasteiger partial charge in [0.2, 0.25) is 0 Å². The summed E-state index contributed by atoms with van der Waals surface area (Å²) in [5.74, 6) is -1.03. The largest absolute Gasteiger partial charge is 0.318 e. The van der Waals surface area contributed by atoms with Crippen molar-refractivity contribution in [3.05, 3.63) is 35.3 Å². The molecule has 2 heterocycles. The fraction of sp³-hybridized carbons (Fsp3) is 0. The molecule has 1 amide bonds. The molecule has 0 saturated heterocycles. The van der Waals surface area contributed by atoms with E-state index in [1.807, 2.05) is 11.4 Å². The molecule has 0 saturated carbocycles.